The van der Waals surface area contributed by atoms with Crippen LogP contribution in [0.25, 0.3) is 17.4 Å². The van der Waals surface area contributed by atoms with Gasteiger partial charge in [0.05, 0.1) is 16.8 Å². The minimum absolute atomic E-state index is 0.0669. The van der Waals surface area contributed by atoms with Crippen molar-refractivity contribution < 1.29 is 23.6 Å². The Morgan fingerprint density at radius 2 is 1.58 bits per heavy atom. The highest BCUT2D eigenvalue weighted by atomic mass is 79.9. The van der Waals surface area contributed by atoms with Gasteiger partial charge in [0.15, 0.2) is 0 Å². The van der Waals surface area contributed by atoms with Crippen LogP contribution in [0.3, 0.4) is 0 Å². The number of nitrogens with zero attached hydrogens (tertiary/aromatic N) is 1. The van der Waals surface area contributed by atoms with Crippen molar-refractivity contribution in [2.45, 2.75) is 0 Å². The summed E-state index contributed by atoms with van der Waals surface area (Å²) in [4.78, 5) is 48.6. The molecule has 152 valence electrons. The van der Waals surface area contributed by atoms with Crippen LogP contribution in [0.2, 0.25) is 0 Å². The predicted molar refractivity (Wildman–Crippen MR) is 114 cm³/mol. The van der Waals surface area contributed by atoms with Crippen LogP contribution >= 0.6 is 15.9 Å². The number of carbonyl (C=O) groups excluding carboxylic acids is 4. The second-order valence-electron chi connectivity index (χ2n) is 6.86. The smallest absolute Gasteiger partial charge is 0.282 e. The van der Waals surface area contributed by atoms with Crippen LogP contribution in [0, 0.1) is 0 Å². The largest absolute Gasteiger partial charge is 0.457 e. The molecule has 9 heteroatoms. The number of hydrogen-bond acceptors (Lipinski definition) is 5. The highest BCUT2D eigenvalue weighted by molar-refractivity contribution is 9.10. The molecular formula is C22H12BrN3O5. The molecule has 2 N–H and O–H groups in total. The maximum atomic E-state index is 12.7. The number of imide groups is 1. The summed E-state index contributed by atoms with van der Waals surface area (Å²) in [5.74, 6) is -1.21. The number of anilines is 1. The quantitative estimate of drug-likeness (QED) is 0.342. The molecule has 31 heavy (non-hydrogen) atoms. The maximum Gasteiger partial charge on any atom is 0.282 e. The molecule has 3 aromatic rings. The van der Waals surface area contributed by atoms with Gasteiger partial charge in [0.1, 0.15) is 17.1 Å². The van der Waals surface area contributed by atoms with Crippen molar-refractivity contribution >= 4 is 51.3 Å². The number of hydrazine groups is 1. The Bertz CT molecular complexity index is 1320. The summed E-state index contributed by atoms with van der Waals surface area (Å²) in [6.07, 6.45) is 1.36. The predicted octanol–water partition coefficient (Wildman–Crippen LogP) is 3.05. The van der Waals surface area contributed by atoms with E-state index in [0.29, 0.717) is 28.3 Å². The van der Waals surface area contributed by atoms with Crippen LogP contribution in [-0.2, 0) is 9.59 Å². The van der Waals surface area contributed by atoms with Gasteiger partial charge in [0, 0.05) is 10.0 Å². The van der Waals surface area contributed by atoms with Gasteiger partial charge < -0.3 is 4.42 Å². The molecule has 1 fully saturated rings. The molecule has 0 atom stereocenters. The standard InChI is InChI=1S/C22H12BrN3O5/c23-12-2-4-13(5-3-12)26-22(30)17(21(29)25-26)10-14-6-8-18(31-14)11-1-7-15-16(9-11)20(28)24-19(15)27/h1-10H,(H,25,29)(H,24,27,28). The Labute approximate surface area is 183 Å². The zero-order valence-corrected chi connectivity index (χ0v) is 17.2. The zero-order valence-electron chi connectivity index (χ0n) is 15.6. The van der Waals surface area contributed by atoms with Crippen LogP contribution < -0.4 is 15.8 Å². The summed E-state index contributed by atoms with van der Waals surface area (Å²) in [7, 11) is 0. The number of carbonyl (C=O) groups is 4. The van der Waals surface area contributed by atoms with Crippen LogP contribution in [0.5, 0.6) is 0 Å². The molecule has 0 bridgehead atoms. The number of furan rings is 1. The number of amides is 4. The molecule has 2 aliphatic heterocycles. The van der Waals surface area contributed by atoms with Gasteiger partial charge >= 0.3 is 0 Å². The van der Waals surface area contributed by atoms with E-state index >= 15 is 0 Å². The summed E-state index contributed by atoms with van der Waals surface area (Å²) in [5, 5.41) is 3.40. The number of benzene rings is 2. The fourth-order valence-corrected chi connectivity index (χ4v) is 3.64. The SMILES string of the molecule is O=C1NN(c2ccc(Br)cc2)C(=O)C1=Cc1ccc(-c2ccc3c(c2)C(=O)NC3=O)o1. The molecule has 4 amide bonds. The van der Waals surface area contributed by atoms with E-state index in [1.54, 1.807) is 54.6 Å². The molecule has 8 nitrogen and oxygen atoms in total. The van der Waals surface area contributed by atoms with Crippen LogP contribution in [0.15, 0.2) is 69.1 Å². The fraction of sp³-hybridized carbons (Fsp3) is 0. The van der Waals surface area contributed by atoms with Crippen molar-refractivity contribution in [3.8, 4) is 11.3 Å². The second kappa shape index (κ2) is 7.06. The van der Waals surface area contributed by atoms with Gasteiger partial charge in [-0.1, -0.05) is 22.0 Å². The van der Waals surface area contributed by atoms with Crippen LogP contribution in [0.4, 0.5) is 5.69 Å². The van der Waals surface area contributed by atoms with Crippen molar-refractivity contribution in [1.82, 2.24) is 10.7 Å². The highest BCUT2D eigenvalue weighted by Crippen LogP contribution is 2.29. The molecular weight excluding hydrogens is 466 g/mol. The Hall–Kier alpha value is -3.98. The molecule has 0 spiro atoms. The third-order valence-corrected chi connectivity index (χ3v) is 5.44. The van der Waals surface area contributed by atoms with Gasteiger partial charge in [-0.05, 0) is 54.6 Å². The number of halogens is 1. The number of nitrogens with one attached hydrogen (secondary N) is 2. The van der Waals surface area contributed by atoms with Crippen molar-refractivity contribution in [2.24, 2.45) is 0 Å². The van der Waals surface area contributed by atoms with E-state index in [4.69, 9.17) is 4.42 Å². The Kier molecular flexibility index (Phi) is 4.33. The van der Waals surface area contributed by atoms with Crippen molar-refractivity contribution in [3.05, 3.63) is 81.5 Å². The molecule has 0 radical (unpaired) electrons. The van der Waals surface area contributed by atoms with E-state index in [2.05, 4.69) is 26.7 Å². The van der Waals surface area contributed by atoms with Gasteiger partial charge in [-0.25, -0.2) is 5.01 Å². The second-order valence-corrected chi connectivity index (χ2v) is 7.78. The Morgan fingerprint density at radius 1 is 0.839 bits per heavy atom. The molecule has 0 unspecified atom stereocenters. The maximum absolute atomic E-state index is 12.7. The van der Waals surface area contributed by atoms with Gasteiger partial charge in [0.25, 0.3) is 23.6 Å². The molecule has 5 rings (SSSR count). The summed E-state index contributed by atoms with van der Waals surface area (Å²) < 4.78 is 6.61. The van der Waals surface area contributed by atoms with Gasteiger partial charge in [-0.3, -0.25) is 29.9 Å². The highest BCUT2D eigenvalue weighted by Gasteiger charge is 2.34. The summed E-state index contributed by atoms with van der Waals surface area (Å²) >= 11 is 3.33. The topological polar surface area (TPSA) is 109 Å². The fourth-order valence-electron chi connectivity index (χ4n) is 3.38. The van der Waals surface area contributed by atoms with E-state index in [0.717, 1.165) is 4.47 Å². The van der Waals surface area contributed by atoms with E-state index in [1.807, 2.05) is 0 Å². The number of fused-ring (bicyclic) bond motifs is 1. The van der Waals surface area contributed by atoms with Crippen molar-refractivity contribution in [3.63, 3.8) is 0 Å². The lowest BCUT2D eigenvalue weighted by molar-refractivity contribution is -0.117. The van der Waals surface area contributed by atoms with E-state index in [1.165, 1.54) is 11.1 Å². The molecule has 1 saturated heterocycles. The molecule has 3 heterocycles. The minimum Gasteiger partial charge on any atom is -0.457 e. The lowest BCUT2D eigenvalue weighted by Gasteiger charge is -2.14. The third kappa shape index (κ3) is 3.24. The third-order valence-electron chi connectivity index (χ3n) is 4.91. The van der Waals surface area contributed by atoms with Gasteiger partial charge in [0.2, 0.25) is 0 Å². The summed E-state index contributed by atoms with van der Waals surface area (Å²) in [5.41, 5.74) is 4.16. The van der Waals surface area contributed by atoms with E-state index < -0.39 is 23.6 Å². The first-order valence-corrected chi connectivity index (χ1v) is 9.92. The first-order valence-electron chi connectivity index (χ1n) is 9.13. The van der Waals surface area contributed by atoms with E-state index in [-0.39, 0.29) is 11.1 Å². The van der Waals surface area contributed by atoms with Crippen LogP contribution in [-0.4, -0.2) is 23.6 Å². The Morgan fingerprint density at radius 3 is 2.35 bits per heavy atom. The lowest BCUT2D eigenvalue weighted by Crippen LogP contribution is -2.35. The van der Waals surface area contributed by atoms with Gasteiger partial charge in [-0.15, -0.1) is 0 Å². The van der Waals surface area contributed by atoms with Gasteiger partial charge in [-0.2, -0.15) is 0 Å². The zero-order chi connectivity index (χ0) is 21.7. The number of rotatable bonds is 3. The Balaban J connectivity index is 1.43. The molecule has 2 aromatic carbocycles. The lowest BCUT2D eigenvalue weighted by atomic mass is 10.0. The summed E-state index contributed by atoms with van der Waals surface area (Å²) in [6.45, 7) is 0. The van der Waals surface area contributed by atoms with Crippen molar-refractivity contribution in [2.75, 3.05) is 5.01 Å². The molecule has 1 aromatic heterocycles. The minimum atomic E-state index is -0.543. The monoisotopic (exact) mass is 477 g/mol. The van der Waals surface area contributed by atoms with E-state index in [9.17, 15) is 19.2 Å². The first kappa shape index (κ1) is 19.0. The molecule has 0 aliphatic carbocycles. The summed E-state index contributed by atoms with van der Waals surface area (Å²) in [6, 6.07) is 15.0. The average Bonchev–Trinajstić information content (AvgIpc) is 3.42. The molecule has 0 saturated carbocycles. The first-order chi connectivity index (χ1) is 14.9. The number of hydrogen-bond donors (Lipinski definition) is 2. The average molecular weight is 478 g/mol. The normalized spacial score (nSPS) is 16.7. The molecule has 2 aliphatic rings. The van der Waals surface area contributed by atoms with Crippen molar-refractivity contribution in [1.29, 1.82) is 0 Å². The van der Waals surface area contributed by atoms with Crippen LogP contribution in [0.1, 0.15) is 26.5 Å².